The molecule has 0 aliphatic heterocycles. The maximum absolute atomic E-state index is 13.8. The number of nitrogens with one attached hydrogen (secondary N) is 1. The monoisotopic (exact) mass is 291 g/mol. The van der Waals surface area contributed by atoms with Gasteiger partial charge >= 0.3 is 0 Å². The van der Waals surface area contributed by atoms with E-state index in [1.54, 1.807) is 6.07 Å². The Hall–Kier alpha value is -1.38. The van der Waals surface area contributed by atoms with Gasteiger partial charge in [-0.3, -0.25) is 0 Å². The molecule has 0 heterocycles. The van der Waals surface area contributed by atoms with Crippen LogP contribution < -0.4 is 5.32 Å². The highest BCUT2D eigenvalue weighted by Crippen LogP contribution is 2.21. The largest absolute Gasteiger partial charge is 0.319 e. The van der Waals surface area contributed by atoms with Crippen molar-refractivity contribution in [2.45, 2.75) is 12.8 Å². The number of benzene rings is 2. The van der Waals surface area contributed by atoms with Gasteiger partial charge in [-0.1, -0.05) is 48.0 Å². The molecule has 0 saturated heterocycles. The van der Waals surface area contributed by atoms with E-state index in [0.29, 0.717) is 12.3 Å². The van der Waals surface area contributed by atoms with E-state index in [0.717, 1.165) is 29.1 Å². The van der Waals surface area contributed by atoms with Crippen LogP contribution in [-0.4, -0.2) is 13.6 Å². The fourth-order valence-corrected chi connectivity index (χ4v) is 2.67. The molecule has 2 aromatic rings. The fraction of sp³-hybridized carbons (Fsp3) is 0.294. The summed E-state index contributed by atoms with van der Waals surface area (Å²) in [5.74, 6) is 0.185. The predicted octanol–water partition coefficient (Wildman–Crippen LogP) is 4.10. The Morgan fingerprint density at radius 2 is 1.60 bits per heavy atom. The minimum atomic E-state index is -0.132. The molecule has 2 rings (SSSR count). The molecule has 0 fully saturated rings. The van der Waals surface area contributed by atoms with Gasteiger partial charge in [0, 0.05) is 5.02 Å². The molecule has 1 atom stereocenters. The summed E-state index contributed by atoms with van der Waals surface area (Å²) in [6, 6.07) is 14.8. The van der Waals surface area contributed by atoms with Crippen LogP contribution >= 0.6 is 11.6 Å². The predicted molar refractivity (Wildman–Crippen MR) is 82.7 cm³/mol. The highest BCUT2D eigenvalue weighted by atomic mass is 35.5. The van der Waals surface area contributed by atoms with Crippen molar-refractivity contribution < 1.29 is 4.39 Å². The molecule has 0 aliphatic rings. The fourth-order valence-electron chi connectivity index (χ4n) is 2.46. The van der Waals surface area contributed by atoms with E-state index in [1.165, 1.54) is 6.07 Å². The van der Waals surface area contributed by atoms with Crippen LogP contribution in [0.2, 0.25) is 5.02 Å². The zero-order chi connectivity index (χ0) is 14.4. The zero-order valence-electron chi connectivity index (χ0n) is 11.6. The number of halogens is 2. The molecule has 0 radical (unpaired) electrons. The average molecular weight is 292 g/mol. The summed E-state index contributed by atoms with van der Waals surface area (Å²) in [5.41, 5.74) is 1.88. The lowest BCUT2D eigenvalue weighted by atomic mass is 9.92. The second kappa shape index (κ2) is 7.41. The van der Waals surface area contributed by atoms with E-state index in [1.807, 2.05) is 43.4 Å². The molecule has 106 valence electrons. The van der Waals surface area contributed by atoms with Gasteiger partial charge in [-0.2, -0.15) is 0 Å². The van der Waals surface area contributed by atoms with E-state index in [9.17, 15) is 4.39 Å². The molecule has 0 saturated carbocycles. The minimum Gasteiger partial charge on any atom is -0.319 e. The third kappa shape index (κ3) is 4.06. The SMILES string of the molecule is CNCC(Cc1ccccc1F)Cc1ccccc1Cl. The van der Waals surface area contributed by atoms with Gasteiger partial charge in [0.1, 0.15) is 5.82 Å². The first kappa shape index (κ1) is 15.0. The summed E-state index contributed by atoms with van der Waals surface area (Å²) in [4.78, 5) is 0. The van der Waals surface area contributed by atoms with E-state index >= 15 is 0 Å². The van der Waals surface area contributed by atoms with Crippen molar-refractivity contribution in [3.63, 3.8) is 0 Å². The summed E-state index contributed by atoms with van der Waals surface area (Å²) in [5, 5.41) is 3.96. The van der Waals surface area contributed by atoms with E-state index < -0.39 is 0 Å². The third-order valence-corrected chi connectivity index (χ3v) is 3.79. The van der Waals surface area contributed by atoms with Crippen molar-refractivity contribution >= 4 is 11.6 Å². The first-order valence-corrected chi connectivity index (χ1v) is 7.20. The third-order valence-electron chi connectivity index (χ3n) is 3.43. The van der Waals surface area contributed by atoms with Gasteiger partial charge < -0.3 is 5.32 Å². The van der Waals surface area contributed by atoms with E-state index in [-0.39, 0.29) is 5.82 Å². The molecule has 3 heteroatoms. The normalized spacial score (nSPS) is 12.3. The van der Waals surface area contributed by atoms with Gasteiger partial charge in [0.25, 0.3) is 0 Å². The lowest BCUT2D eigenvalue weighted by Crippen LogP contribution is -2.23. The van der Waals surface area contributed by atoms with Crippen LogP contribution in [-0.2, 0) is 12.8 Å². The molecule has 20 heavy (non-hydrogen) atoms. The Bertz CT molecular complexity index is 509. The van der Waals surface area contributed by atoms with Gasteiger partial charge in [-0.15, -0.1) is 0 Å². The maximum atomic E-state index is 13.8. The Labute approximate surface area is 124 Å². The average Bonchev–Trinajstić information content (AvgIpc) is 2.44. The molecule has 1 unspecified atom stereocenters. The Morgan fingerprint density at radius 3 is 2.25 bits per heavy atom. The van der Waals surface area contributed by atoms with Crippen LogP contribution in [0.1, 0.15) is 11.1 Å². The van der Waals surface area contributed by atoms with Crippen molar-refractivity contribution in [2.24, 2.45) is 5.92 Å². The van der Waals surface area contributed by atoms with Crippen molar-refractivity contribution in [1.29, 1.82) is 0 Å². The molecule has 2 aromatic carbocycles. The first-order chi connectivity index (χ1) is 9.70. The summed E-state index contributed by atoms with van der Waals surface area (Å²) in [7, 11) is 1.92. The molecule has 0 amide bonds. The highest BCUT2D eigenvalue weighted by molar-refractivity contribution is 6.31. The van der Waals surface area contributed by atoms with Crippen LogP contribution in [0.3, 0.4) is 0 Å². The Morgan fingerprint density at radius 1 is 1.00 bits per heavy atom. The van der Waals surface area contributed by atoms with Crippen molar-refractivity contribution in [3.8, 4) is 0 Å². The second-order valence-electron chi connectivity index (χ2n) is 5.01. The zero-order valence-corrected chi connectivity index (χ0v) is 12.3. The van der Waals surface area contributed by atoms with Gasteiger partial charge in [0.2, 0.25) is 0 Å². The lowest BCUT2D eigenvalue weighted by molar-refractivity contribution is 0.480. The molecule has 0 aromatic heterocycles. The molecule has 1 N–H and O–H groups in total. The van der Waals surface area contributed by atoms with Crippen molar-refractivity contribution in [2.75, 3.05) is 13.6 Å². The Kier molecular flexibility index (Phi) is 5.57. The quantitative estimate of drug-likeness (QED) is 0.845. The molecule has 1 nitrogen and oxygen atoms in total. The second-order valence-corrected chi connectivity index (χ2v) is 5.42. The van der Waals surface area contributed by atoms with E-state index in [2.05, 4.69) is 5.32 Å². The standard InChI is InChI=1S/C17H19ClFN/c1-20-12-13(10-14-6-2-4-8-16(14)18)11-15-7-3-5-9-17(15)19/h2-9,13,20H,10-12H2,1H3. The lowest BCUT2D eigenvalue weighted by Gasteiger charge is -2.18. The highest BCUT2D eigenvalue weighted by Gasteiger charge is 2.14. The van der Waals surface area contributed by atoms with Gasteiger partial charge in [-0.25, -0.2) is 4.39 Å². The summed E-state index contributed by atoms with van der Waals surface area (Å²) in [6.07, 6.45) is 1.55. The van der Waals surface area contributed by atoms with Crippen molar-refractivity contribution in [1.82, 2.24) is 5.32 Å². The van der Waals surface area contributed by atoms with E-state index in [4.69, 9.17) is 11.6 Å². The van der Waals surface area contributed by atoms with Gasteiger partial charge in [0.05, 0.1) is 0 Å². The van der Waals surface area contributed by atoms with Crippen LogP contribution in [0.5, 0.6) is 0 Å². The first-order valence-electron chi connectivity index (χ1n) is 6.82. The maximum Gasteiger partial charge on any atom is 0.126 e. The van der Waals surface area contributed by atoms with Crippen LogP contribution in [0.15, 0.2) is 48.5 Å². The van der Waals surface area contributed by atoms with Crippen molar-refractivity contribution in [3.05, 3.63) is 70.5 Å². The minimum absolute atomic E-state index is 0.132. The van der Waals surface area contributed by atoms with Gasteiger partial charge in [0.15, 0.2) is 0 Å². The topological polar surface area (TPSA) is 12.0 Å². The molecular formula is C17H19ClFN. The van der Waals surface area contributed by atoms with Gasteiger partial charge in [-0.05, 0) is 55.6 Å². The molecule has 0 bridgehead atoms. The smallest absolute Gasteiger partial charge is 0.126 e. The van der Waals surface area contributed by atoms with Crippen LogP contribution in [0.25, 0.3) is 0 Å². The molecule has 0 spiro atoms. The number of hydrogen-bond donors (Lipinski definition) is 1. The summed E-state index contributed by atoms with van der Waals surface area (Å²) < 4.78 is 13.8. The molecular weight excluding hydrogens is 273 g/mol. The Balaban J connectivity index is 2.12. The van der Waals surface area contributed by atoms with Crippen LogP contribution in [0, 0.1) is 11.7 Å². The molecule has 0 aliphatic carbocycles. The summed E-state index contributed by atoms with van der Waals surface area (Å²) in [6.45, 7) is 0.833. The van der Waals surface area contributed by atoms with Crippen LogP contribution in [0.4, 0.5) is 4.39 Å². The number of rotatable bonds is 6. The summed E-state index contributed by atoms with van der Waals surface area (Å²) >= 11 is 6.21. The number of hydrogen-bond acceptors (Lipinski definition) is 1.